The van der Waals surface area contributed by atoms with Crippen molar-refractivity contribution in [2.75, 3.05) is 0 Å². The van der Waals surface area contributed by atoms with Crippen LogP contribution in [0.25, 0.3) is 0 Å². The Labute approximate surface area is 126 Å². The maximum Gasteiger partial charge on any atom is 0.306 e. The highest BCUT2D eigenvalue weighted by atomic mass is 16.4. The zero-order valence-electron chi connectivity index (χ0n) is 13.8. The van der Waals surface area contributed by atoms with Crippen LogP contribution in [0.2, 0.25) is 0 Å². The molecule has 0 aliphatic carbocycles. The number of unbranched alkanes of at least 4 members (excludes halogenated alkanes) is 10. The summed E-state index contributed by atoms with van der Waals surface area (Å²) in [6.45, 7) is 4.44. The Morgan fingerprint density at radius 3 is 1.40 bits per heavy atom. The first kappa shape index (κ1) is 19.5. The van der Waals surface area contributed by atoms with E-state index in [4.69, 9.17) is 0 Å². The number of carboxylic acid groups (broad SMARTS) is 1. The molecule has 0 amide bonds. The molecule has 0 heterocycles. The van der Waals surface area contributed by atoms with E-state index in [1.807, 2.05) is 0 Å². The summed E-state index contributed by atoms with van der Waals surface area (Å²) < 4.78 is 0. The van der Waals surface area contributed by atoms with Crippen molar-refractivity contribution in [1.29, 1.82) is 0 Å². The SMILES string of the molecule is CCCCCCCCCC(CCCCCCC)C(=O)O. The summed E-state index contributed by atoms with van der Waals surface area (Å²) in [6, 6.07) is 0. The third-order valence-electron chi connectivity index (χ3n) is 4.16. The van der Waals surface area contributed by atoms with E-state index < -0.39 is 5.97 Å². The van der Waals surface area contributed by atoms with Crippen LogP contribution in [0.5, 0.6) is 0 Å². The monoisotopic (exact) mass is 284 g/mol. The topological polar surface area (TPSA) is 37.3 Å². The highest BCUT2D eigenvalue weighted by Crippen LogP contribution is 2.19. The van der Waals surface area contributed by atoms with Gasteiger partial charge in [-0.25, -0.2) is 0 Å². The summed E-state index contributed by atoms with van der Waals surface area (Å²) in [4.78, 5) is 11.2. The third kappa shape index (κ3) is 12.5. The number of carboxylic acids is 1. The van der Waals surface area contributed by atoms with Gasteiger partial charge in [0.15, 0.2) is 0 Å². The van der Waals surface area contributed by atoms with Gasteiger partial charge < -0.3 is 5.11 Å². The molecule has 0 aromatic heterocycles. The van der Waals surface area contributed by atoms with Crippen molar-refractivity contribution in [1.82, 2.24) is 0 Å². The maximum atomic E-state index is 11.2. The lowest BCUT2D eigenvalue weighted by molar-refractivity contribution is -0.142. The molecule has 0 saturated carbocycles. The van der Waals surface area contributed by atoms with Gasteiger partial charge >= 0.3 is 5.97 Å². The minimum absolute atomic E-state index is 0.0905. The highest BCUT2D eigenvalue weighted by molar-refractivity contribution is 5.69. The van der Waals surface area contributed by atoms with Gasteiger partial charge in [0, 0.05) is 0 Å². The van der Waals surface area contributed by atoms with Gasteiger partial charge in [-0.1, -0.05) is 90.9 Å². The van der Waals surface area contributed by atoms with Crippen LogP contribution in [-0.2, 0) is 4.79 Å². The van der Waals surface area contributed by atoms with Gasteiger partial charge in [-0.2, -0.15) is 0 Å². The first-order valence-electron chi connectivity index (χ1n) is 8.95. The molecule has 0 aliphatic heterocycles. The number of hydrogen-bond donors (Lipinski definition) is 1. The first-order valence-corrected chi connectivity index (χ1v) is 8.95. The lowest BCUT2D eigenvalue weighted by Crippen LogP contribution is -2.13. The fourth-order valence-electron chi connectivity index (χ4n) is 2.73. The second-order valence-electron chi connectivity index (χ2n) is 6.15. The van der Waals surface area contributed by atoms with Gasteiger partial charge in [0.25, 0.3) is 0 Å². The van der Waals surface area contributed by atoms with Crippen LogP contribution in [0.15, 0.2) is 0 Å². The standard InChI is InChI=1S/C18H36O2/c1-3-5-7-9-10-12-14-16-17(18(19)20)15-13-11-8-6-4-2/h17H,3-16H2,1-2H3,(H,19,20). The van der Waals surface area contributed by atoms with Gasteiger partial charge in [-0.15, -0.1) is 0 Å². The Kier molecular flexibility index (Phi) is 14.5. The molecule has 2 nitrogen and oxygen atoms in total. The minimum Gasteiger partial charge on any atom is -0.481 e. The van der Waals surface area contributed by atoms with Crippen LogP contribution in [0, 0.1) is 5.92 Å². The molecule has 0 saturated heterocycles. The van der Waals surface area contributed by atoms with Crippen LogP contribution >= 0.6 is 0 Å². The summed E-state index contributed by atoms with van der Waals surface area (Å²) in [7, 11) is 0. The maximum absolute atomic E-state index is 11.2. The highest BCUT2D eigenvalue weighted by Gasteiger charge is 2.16. The van der Waals surface area contributed by atoms with Crippen molar-refractivity contribution in [2.24, 2.45) is 5.92 Å². The second-order valence-corrected chi connectivity index (χ2v) is 6.15. The molecule has 1 N–H and O–H groups in total. The Balaban J connectivity index is 3.52. The summed E-state index contributed by atoms with van der Waals surface area (Å²) in [5, 5.41) is 9.25. The average Bonchev–Trinajstić information content (AvgIpc) is 2.43. The smallest absolute Gasteiger partial charge is 0.306 e. The van der Waals surface area contributed by atoms with E-state index >= 15 is 0 Å². The minimum atomic E-state index is -0.577. The molecule has 0 fully saturated rings. The predicted molar refractivity (Wildman–Crippen MR) is 87.1 cm³/mol. The summed E-state index contributed by atoms with van der Waals surface area (Å²) in [5.41, 5.74) is 0. The van der Waals surface area contributed by atoms with Crippen LogP contribution < -0.4 is 0 Å². The van der Waals surface area contributed by atoms with E-state index in [9.17, 15) is 9.90 Å². The Bertz CT molecular complexity index is 213. The molecule has 0 rings (SSSR count). The first-order chi connectivity index (χ1) is 9.72. The van der Waals surface area contributed by atoms with Crippen LogP contribution in [0.3, 0.4) is 0 Å². The fourth-order valence-corrected chi connectivity index (χ4v) is 2.73. The summed E-state index contributed by atoms with van der Waals surface area (Å²) in [5.74, 6) is -0.668. The van der Waals surface area contributed by atoms with Crippen molar-refractivity contribution < 1.29 is 9.90 Å². The molecule has 0 radical (unpaired) electrons. The van der Waals surface area contributed by atoms with Gasteiger partial charge in [-0.3, -0.25) is 4.79 Å². The van der Waals surface area contributed by atoms with E-state index in [0.717, 1.165) is 25.7 Å². The van der Waals surface area contributed by atoms with Crippen molar-refractivity contribution in [2.45, 2.75) is 104 Å². The lowest BCUT2D eigenvalue weighted by atomic mass is 9.94. The molecule has 120 valence electrons. The number of aliphatic carboxylic acids is 1. The van der Waals surface area contributed by atoms with Crippen molar-refractivity contribution in [3.8, 4) is 0 Å². The van der Waals surface area contributed by atoms with Crippen molar-refractivity contribution in [3.05, 3.63) is 0 Å². The molecular formula is C18H36O2. The molecule has 0 spiro atoms. The molecule has 1 unspecified atom stereocenters. The van der Waals surface area contributed by atoms with E-state index in [1.165, 1.54) is 64.2 Å². The molecule has 1 atom stereocenters. The van der Waals surface area contributed by atoms with Crippen LogP contribution in [-0.4, -0.2) is 11.1 Å². The van der Waals surface area contributed by atoms with Gasteiger partial charge in [0.05, 0.1) is 5.92 Å². The predicted octanol–water partition coefficient (Wildman–Crippen LogP) is 6.19. The van der Waals surface area contributed by atoms with Gasteiger partial charge in [-0.05, 0) is 12.8 Å². The zero-order chi connectivity index (χ0) is 15.1. The van der Waals surface area contributed by atoms with Crippen molar-refractivity contribution >= 4 is 5.97 Å². The van der Waals surface area contributed by atoms with Gasteiger partial charge in [0.2, 0.25) is 0 Å². The Morgan fingerprint density at radius 2 is 1.05 bits per heavy atom. The molecular weight excluding hydrogens is 248 g/mol. The van der Waals surface area contributed by atoms with E-state index in [0.29, 0.717) is 0 Å². The van der Waals surface area contributed by atoms with Crippen molar-refractivity contribution in [3.63, 3.8) is 0 Å². The van der Waals surface area contributed by atoms with E-state index in [2.05, 4.69) is 13.8 Å². The number of rotatable bonds is 15. The normalized spacial score (nSPS) is 12.5. The zero-order valence-corrected chi connectivity index (χ0v) is 13.8. The van der Waals surface area contributed by atoms with Gasteiger partial charge in [0.1, 0.15) is 0 Å². The molecule has 20 heavy (non-hydrogen) atoms. The fraction of sp³-hybridized carbons (Fsp3) is 0.944. The van der Waals surface area contributed by atoms with E-state index in [-0.39, 0.29) is 5.92 Å². The summed E-state index contributed by atoms with van der Waals surface area (Å²) >= 11 is 0. The van der Waals surface area contributed by atoms with Crippen LogP contribution in [0.1, 0.15) is 104 Å². The quantitative estimate of drug-likeness (QED) is 0.364. The molecule has 0 aliphatic rings. The van der Waals surface area contributed by atoms with E-state index in [1.54, 1.807) is 0 Å². The molecule has 0 aromatic rings. The Hall–Kier alpha value is -0.530. The lowest BCUT2D eigenvalue weighted by Gasteiger charge is -2.12. The number of carbonyl (C=O) groups is 1. The van der Waals surface area contributed by atoms with Crippen LogP contribution in [0.4, 0.5) is 0 Å². The number of hydrogen-bond acceptors (Lipinski definition) is 1. The second kappa shape index (κ2) is 14.9. The molecule has 2 heteroatoms. The Morgan fingerprint density at radius 1 is 0.700 bits per heavy atom. The largest absolute Gasteiger partial charge is 0.481 e. The summed E-state index contributed by atoms with van der Waals surface area (Å²) in [6.07, 6.45) is 16.8. The third-order valence-corrected chi connectivity index (χ3v) is 4.16. The average molecular weight is 284 g/mol. The molecule has 0 aromatic carbocycles. The molecule has 0 bridgehead atoms.